The minimum absolute atomic E-state index is 0.0920. The van der Waals surface area contributed by atoms with Gasteiger partial charge in [0, 0.05) is 6.04 Å². The van der Waals surface area contributed by atoms with Gasteiger partial charge in [-0.05, 0) is 31.0 Å². The molecular weight excluding hydrogens is 281 g/mol. The van der Waals surface area contributed by atoms with Crippen molar-refractivity contribution in [1.29, 1.82) is 5.41 Å². The molecule has 0 spiro atoms. The van der Waals surface area contributed by atoms with Crippen molar-refractivity contribution in [2.24, 2.45) is 5.73 Å². The highest BCUT2D eigenvalue weighted by Gasteiger charge is 2.33. The summed E-state index contributed by atoms with van der Waals surface area (Å²) >= 11 is 0. The molecule has 1 saturated carbocycles. The smallest absolute Gasteiger partial charge is 0.243 e. The van der Waals surface area contributed by atoms with Crippen LogP contribution in [0.4, 0.5) is 4.39 Å². The molecule has 0 aromatic heterocycles. The average molecular weight is 299 g/mol. The minimum Gasteiger partial charge on any atom is -0.387 e. The largest absolute Gasteiger partial charge is 0.387 e. The number of benzene rings is 1. The highest BCUT2D eigenvalue weighted by atomic mass is 32.2. The van der Waals surface area contributed by atoms with E-state index >= 15 is 0 Å². The Bertz CT molecular complexity index is 597. The van der Waals surface area contributed by atoms with E-state index < -0.39 is 15.8 Å². The Balaban J connectivity index is 2.37. The molecule has 5 nitrogen and oxygen atoms in total. The monoisotopic (exact) mass is 299 g/mol. The van der Waals surface area contributed by atoms with Crippen molar-refractivity contribution in [1.82, 2.24) is 4.31 Å². The summed E-state index contributed by atoms with van der Waals surface area (Å²) < 4.78 is 39.7. The fourth-order valence-electron chi connectivity index (χ4n) is 2.53. The molecule has 7 heteroatoms. The second kappa shape index (κ2) is 5.88. The maximum Gasteiger partial charge on any atom is 0.243 e. The first-order valence-electron chi connectivity index (χ1n) is 6.51. The summed E-state index contributed by atoms with van der Waals surface area (Å²) in [5, 5.41) is 7.37. The molecule has 1 aliphatic rings. The van der Waals surface area contributed by atoms with Gasteiger partial charge in [0.05, 0.1) is 11.4 Å². The van der Waals surface area contributed by atoms with E-state index in [4.69, 9.17) is 11.1 Å². The van der Waals surface area contributed by atoms with Gasteiger partial charge in [-0.2, -0.15) is 4.31 Å². The first kappa shape index (κ1) is 14.9. The molecular formula is C13H18FN3O2S. The maximum absolute atomic E-state index is 13.3. The number of amidine groups is 1. The Morgan fingerprint density at radius 3 is 2.60 bits per heavy atom. The van der Waals surface area contributed by atoms with Gasteiger partial charge >= 0.3 is 0 Å². The van der Waals surface area contributed by atoms with E-state index in [1.807, 2.05) is 0 Å². The van der Waals surface area contributed by atoms with Crippen LogP contribution in [0.1, 0.15) is 25.7 Å². The molecule has 0 atom stereocenters. The first-order valence-corrected chi connectivity index (χ1v) is 7.95. The highest BCUT2D eigenvalue weighted by molar-refractivity contribution is 7.89. The number of sulfonamides is 1. The van der Waals surface area contributed by atoms with E-state index in [9.17, 15) is 12.8 Å². The number of nitrogens with zero attached hydrogens (tertiary/aromatic N) is 1. The third kappa shape index (κ3) is 3.16. The second-order valence-electron chi connectivity index (χ2n) is 4.97. The van der Waals surface area contributed by atoms with Crippen molar-refractivity contribution in [3.63, 3.8) is 0 Å². The van der Waals surface area contributed by atoms with Gasteiger partial charge in [0.15, 0.2) is 0 Å². The van der Waals surface area contributed by atoms with Crippen LogP contribution in [0, 0.1) is 11.2 Å². The summed E-state index contributed by atoms with van der Waals surface area (Å²) in [7, 11) is -3.83. The molecule has 0 bridgehead atoms. The molecule has 1 fully saturated rings. The standard InChI is InChI=1S/C13H18FN3O2S/c14-10-4-3-7-12(8-10)20(18,19)17(9-13(15)16)11-5-1-2-6-11/h3-4,7-8,11H,1-2,5-6,9H2,(H3,15,16). The van der Waals surface area contributed by atoms with E-state index in [0.29, 0.717) is 0 Å². The molecule has 0 radical (unpaired) electrons. The van der Waals surface area contributed by atoms with Crippen LogP contribution in [-0.4, -0.2) is 31.1 Å². The zero-order chi connectivity index (χ0) is 14.8. The lowest BCUT2D eigenvalue weighted by Gasteiger charge is -2.27. The van der Waals surface area contributed by atoms with Gasteiger partial charge in [0.2, 0.25) is 10.0 Å². The van der Waals surface area contributed by atoms with Crippen LogP contribution in [0.2, 0.25) is 0 Å². The third-order valence-corrected chi connectivity index (χ3v) is 5.36. The van der Waals surface area contributed by atoms with E-state index in [1.165, 1.54) is 22.5 Å². The van der Waals surface area contributed by atoms with Crippen LogP contribution in [0.15, 0.2) is 29.2 Å². The summed E-state index contributed by atoms with van der Waals surface area (Å²) in [6.07, 6.45) is 3.42. The Hall–Kier alpha value is -1.47. The predicted octanol–water partition coefficient (Wildman–Crippen LogP) is 1.69. The zero-order valence-corrected chi connectivity index (χ0v) is 11.9. The molecule has 20 heavy (non-hydrogen) atoms. The molecule has 2 rings (SSSR count). The van der Waals surface area contributed by atoms with Crippen LogP contribution < -0.4 is 5.73 Å². The Morgan fingerprint density at radius 2 is 2.05 bits per heavy atom. The molecule has 1 aromatic rings. The first-order chi connectivity index (χ1) is 9.41. The Kier molecular flexibility index (Phi) is 4.39. The van der Waals surface area contributed by atoms with E-state index in [2.05, 4.69) is 0 Å². The molecule has 0 heterocycles. The second-order valence-corrected chi connectivity index (χ2v) is 6.86. The quantitative estimate of drug-likeness (QED) is 0.640. The van der Waals surface area contributed by atoms with Gasteiger partial charge in [-0.1, -0.05) is 18.9 Å². The molecule has 0 amide bonds. The van der Waals surface area contributed by atoms with E-state index in [1.54, 1.807) is 0 Å². The molecule has 3 N–H and O–H groups in total. The van der Waals surface area contributed by atoms with Gasteiger partial charge in [-0.3, -0.25) is 5.41 Å². The van der Waals surface area contributed by atoms with Crippen molar-refractivity contribution in [3.8, 4) is 0 Å². The molecule has 0 unspecified atom stereocenters. The molecule has 110 valence electrons. The van der Waals surface area contributed by atoms with E-state index in [0.717, 1.165) is 31.7 Å². The van der Waals surface area contributed by atoms with Crippen molar-refractivity contribution in [3.05, 3.63) is 30.1 Å². The lowest BCUT2D eigenvalue weighted by Crippen LogP contribution is -2.43. The summed E-state index contributed by atoms with van der Waals surface area (Å²) in [4.78, 5) is -0.0920. The van der Waals surface area contributed by atoms with Crippen LogP contribution in [0.5, 0.6) is 0 Å². The average Bonchev–Trinajstić information content (AvgIpc) is 2.89. The van der Waals surface area contributed by atoms with Crippen LogP contribution in [-0.2, 0) is 10.0 Å². The lowest BCUT2D eigenvalue weighted by atomic mass is 10.2. The number of nitrogens with two attached hydrogens (primary N) is 1. The van der Waals surface area contributed by atoms with Crippen LogP contribution in [0.25, 0.3) is 0 Å². The number of hydrogen-bond acceptors (Lipinski definition) is 3. The normalized spacial score (nSPS) is 16.7. The maximum atomic E-state index is 13.3. The SMILES string of the molecule is N=C(N)CN(C1CCCC1)S(=O)(=O)c1cccc(F)c1. The van der Waals surface area contributed by atoms with Crippen molar-refractivity contribution < 1.29 is 12.8 Å². The van der Waals surface area contributed by atoms with Gasteiger partial charge in [-0.15, -0.1) is 0 Å². The number of nitrogens with one attached hydrogen (secondary N) is 1. The fourth-order valence-corrected chi connectivity index (χ4v) is 4.23. The van der Waals surface area contributed by atoms with Crippen LogP contribution >= 0.6 is 0 Å². The van der Waals surface area contributed by atoms with Gasteiger partial charge in [0.1, 0.15) is 11.7 Å². The Labute approximate surface area is 118 Å². The van der Waals surface area contributed by atoms with E-state index in [-0.39, 0.29) is 23.3 Å². The third-order valence-electron chi connectivity index (χ3n) is 3.46. The van der Waals surface area contributed by atoms with Gasteiger partial charge in [0.25, 0.3) is 0 Å². The highest BCUT2D eigenvalue weighted by Crippen LogP contribution is 2.28. The summed E-state index contributed by atoms with van der Waals surface area (Å²) in [6.45, 7) is -0.149. The summed E-state index contributed by atoms with van der Waals surface area (Å²) in [5.41, 5.74) is 5.37. The van der Waals surface area contributed by atoms with Crippen LogP contribution in [0.3, 0.4) is 0 Å². The van der Waals surface area contributed by atoms with Crippen molar-refractivity contribution in [2.75, 3.05) is 6.54 Å². The lowest BCUT2D eigenvalue weighted by molar-refractivity contribution is 0.353. The topological polar surface area (TPSA) is 87.2 Å². The number of rotatable bonds is 5. The summed E-state index contributed by atoms with van der Waals surface area (Å²) in [6, 6.07) is 4.76. The molecule has 0 saturated heterocycles. The molecule has 0 aliphatic heterocycles. The zero-order valence-electron chi connectivity index (χ0n) is 11.0. The minimum atomic E-state index is -3.83. The Morgan fingerprint density at radius 1 is 1.40 bits per heavy atom. The van der Waals surface area contributed by atoms with Crippen molar-refractivity contribution in [2.45, 2.75) is 36.6 Å². The van der Waals surface area contributed by atoms with Crippen molar-refractivity contribution >= 4 is 15.9 Å². The predicted molar refractivity (Wildman–Crippen MR) is 74.5 cm³/mol. The van der Waals surface area contributed by atoms with Gasteiger partial charge < -0.3 is 5.73 Å². The number of halogens is 1. The molecule has 1 aromatic carbocycles. The fraction of sp³-hybridized carbons (Fsp3) is 0.462. The summed E-state index contributed by atoms with van der Waals surface area (Å²) in [5.74, 6) is -0.808. The number of hydrogen-bond donors (Lipinski definition) is 2. The molecule has 1 aliphatic carbocycles. The van der Waals surface area contributed by atoms with Gasteiger partial charge in [-0.25, -0.2) is 12.8 Å².